The molecule has 0 amide bonds. The number of para-hydroxylation sites is 1. The van der Waals surface area contributed by atoms with E-state index in [0.29, 0.717) is 5.92 Å². The lowest BCUT2D eigenvalue weighted by Crippen LogP contribution is -2.49. The summed E-state index contributed by atoms with van der Waals surface area (Å²) in [5.41, 5.74) is 0.901. The highest BCUT2D eigenvalue weighted by atomic mass is 16.3. The van der Waals surface area contributed by atoms with Gasteiger partial charge >= 0.3 is 0 Å². The third-order valence-corrected chi connectivity index (χ3v) is 5.53. The van der Waals surface area contributed by atoms with Crippen molar-refractivity contribution < 1.29 is 5.11 Å². The zero-order chi connectivity index (χ0) is 14.0. The standard InChI is InChI=1S/C18H27NO/c1-15-7-9-16(10-8-15)18(20)11-13-19(14-12-18)17-5-3-2-4-6-17/h2-6,15-16,20H,7-14H2,1H3. The van der Waals surface area contributed by atoms with Gasteiger partial charge in [-0.05, 0) is 49.7 Å². The summed E-state index contributed by atoms with van der Waals surface area (Å²) < 4.78 is 0. The van der Waals surface area contributed by atoms with E-state index in [1.54, 1.807) is 0 Å². The van der Waals surface area contributed by atoms with Crippen LogP contribution in [0.25, 0.3) is 0 Å². The minimum absolute atomic E-state index is 0.397. The molecule has 0 radical (unpaired) electrons. The molecule has 0 unspecified atom stereocenters. The van der Waals surface area contributed by atoms with Crippen molar-refractivity contribution in [2.24, 2.45) is 11.8 Å². The molecule has 0 bridgehead atoms. The van der Waals surface area contributed by atoms with Gasteiger partial charge in [0.25, 0.3) is 0 Å². The van der Waals surface area contributed by atoms with E-state index in [4.69, 9.17) is 0 Å². The molecule has 1 aliphatic heterocycles. The molecule has 1 saturated carbocycles. The fourth-order valence-corrected chi connectivity index (χ4v) is 4.00. The largest absolute Gasteiger partial charge is 0.389 e. The molecule has 0 aromatic heterocycles. The van der Waals surface area contributed by atoms with Crippen LogP contribution in [0.1, 0.15) is 45.4 Å². The van der Waals surface area contributed by atoms with Crippen molar-refractivity contribution in [2.75, 3.05) is 18.0 Å². The second-order valence-corrected chi connectivity index (χ2v) is 6.88. The lowest BCUT2D eigenvalue weighted by atomic mass is 9.70. The summed E-state index contributed by atoms with van der Waals surface area (Å²) >= 11 is 0. The summed E-state index contributed by atoms with van der Waals surface area (Å²) in [6.45, 7) is 4.33. The Kier molecular flexibility index (Phi) is 4.02. The molecule has 2 nitrogen and oxygen atoms in total. The molecule has 2 heteroatoms. The van der Waals surface area contributed by atoms with Crippen LogP contribution in [0.3, 0.4) is 0 Å². The zero-order valence-electron chi connectivity index (χ0n) is 12.6. The Labute approximate surface area is 122 Å². The molecule has 1 aromatic rings. The van der Waals surface area contributed by atoms with Crippen molar-refractivity contribution in [3.05, 3.63) is 30.3 Å². The van der Waals surface area contributed by atoms with Crippen molar-refractivity contribution in [1.82, 2.24) is 0 Å². The van der Waals surface area contributed by atoms with Gasteiger partial charge in [0.2, 0.25) is 0 Å². The topological polar surface area (TPSA) is 23.5 Å². The van der Waals surface area contributed by atoms with E-state index in [2.05, 4.69) is 42.2 Å². The molecule has 1 heterocycles. The summed E-state index contributed by atoms with van der Waals surface area (Å²) in [5, 5.41) is 11.0. The highest BCUT2D eigenvalue weighted by molar-refractivity contribution is 5.46. The third kappa shape index (κ3) is 2.85. The SMILES string of the molecule is CC1CCC(C2(O)CCN(c3ccccc3)CC2)CC1. The van der Waals surface area contributed by atoms with Gasteiger partial charge in [-0.25, -0.2) is 0 Å². The molecule has 0 atom stereocenters. The summed E-state index contributed by atoms with van der Waals surface area (Å²) in [5.74, 6) is 1.40. The molecule has 20 heavy (non-hydrogen) atoms. The predicted octanol–water partition coefficient (Wildman–Crippen LogP) is 3.84. The first-order valence-corrected chi connectivity index (χ1v) is 8.20. The normalized spacial score (nSPS) is 30.2. The minimum Gasteiger partial charge on any atom is -0.389 e. The van der Waals surface area contributed by atoms with Crippen LogP contribution in [0.15, 0.2) is 30.3 Å². The summed E-state index contributed by atoms with van der Waals surface area (Å²) in [6, 6.07) is 10.6. The van der Waals surface area contributed by atoms with Gasteiger partial charge in [0.05, 0.1) is 5.60 Å². The lowest BCUT2D eigenvalue weighted by molar-refractivity contribution is -0.0554. The molecular formula is C18H27NO. The number of aliphatic hydroxyl groups is 1. The van der Waals surface area contributed by atoms with Gasteiger partial charge in [0.1, 0.15) is 0 Å². The Hall–Kier alpha value is -1.02. The van der Waals surface area contributed by atoms with Crippen LogP contribution >= 0.6 is 0 Å². The molecule has 2 fully saturated rings. The van der Waals surface area contributed by atoms with E-state index >= 15 is 0 Å². The molecule has 1 saturated heterocycles. The second kappa shape index (κ2) is 5.77. The fourth-order valence-electron chi connectivity index (χ4n) is 4.00. The number of nitrogens with zero attached hydrogens (tertiary/aromatic N) is 1. The van der Waals surface area contributed by atoms with Crippen molar-refractivity contribution in [3.8, 4) is 0 Å². The van der Waals surface area contributed by atoms with Crippen LogP contribution in [0.2, 0.25) is 0 Å². The first-order chi connectivity index (χ1) is 9.67. The van der Waals surface area contributed by atoms with Crippen molar-refractivity contribution in [1.29, 1.82) is 0 Å². The maximum atomic E-state index is 11.0. The van der Waals surface area contributed by atoms with Gasteiger partial charge in [0, 0.05) is 18.8 Å². The molecule has 1 N–H and O–H groups in total. The van der Waals surface area contributed by atoms with Gasteiger partial charge in [0.15, 0.2) is 0 Å². The molecule has 0 spiro atoms. The third-order valence-electron chi connectivity index (χ3n) is 5.53. The first-order valence-electron chi connectivity index (χ1n) is 8.20. The number of anilines is 1. The van der Waals surface area contributed by atoms with E-state index in [1.165, 1.54) is 31.4 Å². The van der Waals surface area contributed by atoms with Crippen LogP contribution < -0.4 is 4.90 Å². The Bertz CT molecular complexity index is 414. The summed E-state index contributed by atoms with van der Waals surface area (Å²) in [4.78, 5) is 2.42. The van der Waals surface area contributed by atoms with Crippen molar-refractivity contribution in [3.63, 3.8) is 0 Å². The van der Waals surface area contributed by atoms with Crippen LogP contribution in [-0.2, 0) is 0 Å². The fraction of sp³-hybridized carbons (Fsp3) is 0.667. The Balaban J connectivity index is 1.60. The monoisotopic (exact) mass is 273 g/mol. The molecule has 2 aliphatic rings. The summed E-state index contributed by atoms with van der Waals surface area (Å²) in [6.07, 6.45) is 6.92. The Morgan fingerprint density at radius 2 is 1.60 bits per heavy atom. The average molecular weight is 273 g/mol. The van der Waals surface area contributed by atoms with Crippen LogP contribution in [0.5, 0.6) is 0 Å². The number of rotatable bonds is 2. The van der Waals surface area contributed by atoms with Crippen molar-refractivity contribution in [2.45, 2.75) is 51.0 Å². The predicted molar refractivity (Wildman–Crippen MR) is 84.0 cm³/mol. The number of benzene rings is 1. The lowest BCUT2D eigenvalue weighted by Gasteiger charge is -2.45. The first kappa shape index (κ1) is 13.9. The highest BCUT2D eigenvalue weighted by Crippen LogP contribution is 2.41. The number of hydrogen-bond donors (Lipinski definition) is 1. The summed E-state index contributed by atoms with van der Waals surface area (Å²) in [7, 11) is 0. The number of hydrogen-bond acceptors (Lipinski definition) is 2. The maximum absolute atomic E-state index is 11.0. The van der Waals surface area contributed by atoms with Gasteiger partial charge in [-0.1, -0.05) is 38.0 Å². The second-order valence-electron chi connectivity index (χ2n) is 6.88. The van der Waals surface area contributed by atoms with Crippen LogP contribution in [-0.4, -0.2) is 23.8 Å². The quantitative estimate of drug-likeness (QED) is 0.885. The smallest absolute Gasteiger partial charge is 0.0709 e. The van der Waals surface area contributed by atoms with E-state index < -0.39 is 5.60 Å². The highest BCUT2D eigenvalue weighted by Gasteiger charge is 2.40. The number of piperidine rings is 1. The molecule has 1 aromatic carbocycles. The van der Waals surface area contributed by atoms with Gasteiger partial charge in [-0.2, -0.15) is 0 Å². The van der Waals surface area contributed by atoms with Gasteiger partial charge < -0.3 is 10.0 Å². The van der Waals surface area contributed by atoms with E-state index in [0.717, 1.165) is 31.8 Å². The minimum atomic E-state index is -0.397. The molecule has 3 rings (SSSR count). The van der Waals surface area contributed by atoms with E-state index in [-0.39, 0.29) is 0 Å². The van der Waals surface area contributed by atoms with Crippen LogP contribution in [0.4, 0.5) is 5.69 Å². The molecule has 1 aliphatic carbocycles. The van der Waals surface area contributed by atoms with Gasteiger partial charge in [-0.3, -0.25) is 0 Å². The molecular weight excluding hydrogens is 246 g/mol. The Morgan fingerprint density at radius 3 is 2.20 bits per heavy atom. The van der Waals surface area contributed by atoms with E-state index in [9.17, 15) is 5.11 Å². The Morgan fingerprint density at radius 1 is 1.00 bits per heavy atom. The van der Waals surface area contributed by atoms with Crippen LogP contribution in [0, 0.1) is 11.8 Å². The maximum Gasteiger partial charge on any atom is 0.0709 e. The molecule has 110 valence electrons. The van der Waals surface area contributed by atoms with Gasteiger partial charge in [-0.15, -0.1) is 0 Å². The van der Waals surface area contributed by atoms with E-state index in [1.807, 2.05) is 0 Å². The van der Waals surface area contributed by atoms with Crippen molar-refractivity contribution >= 4 is 5.69 Å². The average Bonchev–Trinajstić information content (AvgIpc) is 2.49. The zero-order valence-corrected chi connectivity index (χ0v) is 12.6.